The highest BCUT2D eigenvalue weighted by Gasteiger charge is 2.17. The zero-order valence-electron chi connectivity index (χ0n) is 15.3. The number of aromatic nitrogens is 1. The van der Waals surface area contributed by atoms with Crippen LogP contribution < -0.4 is 5.32 Å². The fraction of sp³-hybridized carbons (Fsp3) is 0.143. The molecular weight excluding hydrogens is 360 g/mol. The summed E-state index contributed by atoms with van der Waals surface area (Å²) in [5.41, 5.74) is 2.33. The summed E-state index contributed by atoms with van der Waals surface area (Å²) in [6.07, 6.45) is 1.53. The van der Waals surface area contributed by atoms with Gasteiger partial charge in [-0.15, -0.1) is 0 Å². The van der Waals surface area contributed by atoms with Crippen LogP contribution in [0, 0.1) is 0 Å². The molecular formula is C21H18N2O5. The lowest BCUT2D eigenvalue weighted by atomic mass is 10.1. The van der Waals surface area contributed by atoms with Crippen LogP contribution in [0.4, 0.5) is 5.69 Å². The van der Waals surface area contributed by atoms with Gasteiger partial charge in [0.15, 0.2) is 17.5 Å². The number of anilines is 1. The summed E-state index contributed by atoms with van der Waals surface area (Å²) in [5.74, 6) is -0.984. The number of carbonyl (C=O) groups is 3. The van der Waals surface area contributed by atoms with E-state index in [4.69, 9.17) is 9.15 Å². The Morgan fingerprint density at radius 1 is 1.11 bits per heavy atom. The van der Waals surface area contributed by atoms with E-state index in [1.165, 1.54) is 19.9 Å². The standard InChI is InChI=1S/C21H18N2O5/c1-13(24)15-7-9-16(10-8-15)22-21(26)14(2)27-20(25)12-11-19-23-17-5-3-4-6-18(17)28-19/h3-12,14H,1-2H3,(H,22,26)/b12-11+/t14-/m1/s1. The van der Waals surface area contributed by atoms with E-state index in [-0.39, 0.29) is 11.7 Å². The molecule has 0 radical (unpaired) electrons. The van der Waals surface area contributed by atoms with E-state index in [0.29, 0.717) is 22.4 Å². The molecule has 0 aliphatic heterocycles. The van der Waals surface area contributed by atoms with E-state index >= 15 is 0 Å². The number of oxazole rings is 1. The molecule has 0 spiro atoms. The SMILES string of the molecule is CC(=O)c1ccc(NC(=O)[C@@H](C)OC(=O)/C=C/c2nc3ccccc3o2)cc1. The molecule has 0 fully saturated rings. The number of ketones is 1. The number of carbonyl (C=O) groups excluding carboxylic acids is 3. The summed E-state index contributed by atoms with van der Waals surface area (Å²) in [7, 11) is 0. The number of nitrogens with one attached hydrogen (secondary N) is 1. The van der Waals surface area contributed by atoms with Crippen molar-refractivity contribution < 1.29 is 23.5 Å². The summed E-state index contributed by atoms with van der Waals surface area (Å²) in [6.45, 7) is 2.92. The number of hydrogen-bond acceptors (Lipinski definition) is 6. The number of esters is 1. The number of nitrogens with zero attached hydrogens (tertiary/aromatic N) is 1. The summed E-state index contributed by atoms with van der Waals surface area (Å²) in [4.78, 5) is 39.5. The number of rotatable bonds is 6. The number of ether oxygens (including phenoxy) is 1. The molecule has 142 valence electrons. The molecule has 7 nitrogen and oxygen atoms in total. The van der Waals surface area contributed by atoms with Crippen LogP contribution in [-0.2, 0) is 14.3 Å². The largest absolute Gasteiger partial charge is 0.449 e. The summed E-state index contributed by atoms with van der Waals surface area (Å²) in [6, 6.07) is 13.7. The summed E-state index contributed by atoms with van der Waals surface area (Å²) in [5, 5.41) is 2.62. The first-order valence-corrected chi connectivity index (χ1v) is 8.58. The van der Waals surface area contributed by atoms with Gasteiger partial charge in [0.2, 0.25) is 5.89 Å². The van der Waals surface area contributed by atoms with E-state index in [9.17, 15) is 14.4 Å². The zero-order valence-corrected chi connectivity index (χ0v) is 15.3. The fourth-order valence-corrected chi connectivity index (χ4v) is 2.40. The van der Waals surface area contributed by atoms with Crippen molar-refractivity contribution in [2.45, 2.75) is 20.0 Å². The second kappa shape index (κ2) is 8.30. The van der Waals surface area contributed by atoms with Crippen molar-refractivity contribution in [1.82, 2.24) is 4.98 Å². The van der Waals surface area contributed by atoms with E-state index in [1.54, 1.807) is 36.4 Å². The molecule has 3 aromatic rings. The number of hydrogen-bond donors (Lipinski definition) is 1. The first-order chi connectivity index (χ1) is 13.4. The minimum atomic E-state index is -1.01. The predicted octanol–water partition coefficient (Wildman–Crippen LogP) is 3.61. The Labute approximate surface area is 161 Å². The molecule has 1 amide bonds. The fourth-order valence-electron chi connectivity index (χ4n) is 2.40. The van der Waals surface area contributed by atoms with Crippen molar-refractivity contribution >= 4 is 40.5 Å². The molecule has 1 N–H and O–H groups in total. The van der Waals surface area contributed by atoms with Crippen LogP contribution >= 0.6 is 0 Å². The molecule has 7 heteroatoms. The number of fused-ring (bicyclic) bond motifs is 1. The van der Waals surface area contributed by atoms with E-state index in [0.717, 1.165) is 6.08 Å². The van der Waals surface area contributed by atoms with Crippen molar-refractivity contribution in [1.29, 1.82) is 0 Å². The lowest BCUT2D eigenvalue weighted by molar-refractivity contribution is -0.148. The maximum Gasteiger partial charge on any atom is 0.331 e. The summed E-state index contributed by atoms with van der Waals surface area (Å²) < 4.78 is 10.5. The second-order valence-electron chi connectivity index (χ2n) is 6.06. The Morgan fingerprint density at radius 2 is 1.82 bits per heavy atom. The van der Waals surface area contributed by atoms with Gasteiger partial charge in [0.1, 0.15) is 5.52 Å². The van der Waals surface area contributed by atoms with Gasteiger partial charge >= 0.3 is 5.97 Å². The van der Waals surface area contributed by atoms with Crippen molar-refractivity contribution in [3.05, 3.63) is 66.1 Å². The Kier molecular flexibility index (Phi) is 5.64. The minimum Gasteiger partial charge on any atom is -0.449 e. The van der Waals surface area contributed by atoms with Crippen LogP contribution in [0.1, 0.15) is 30.1 Å². The van der Waals surface area contributed by atoms with Crippen molar-refractivity contribution in [3.8, 4) is 0 Å². The molecule has 0 unspecified atom stereocenters. The topological polar surface area (TPSA) is 98.5 Å². The third kappa shape index (κ3) is 4.70. The minimum absolute atomic E-state index is 0.0640. The van der Waals surface area contributed by atoms with E-state index < -0.39 is 18.0 Å². The molecule has 0 bridgehead atoms. The third-order valence-corrected chi connectivity index (χ3v) is 3.89. The van der Waals surface area contributed by atoms with Crippen LogP contribution in [-0.4, -0.2) is 28.7 Å². The monoisotopic (exact) mass is 378 g/mol. The molecule has 3 rings (SSSR count). The highest BCUT2D eigenvalue weighted by atomic mass is 16.5. The molecule has 0 aliphatic rings. The van der Waals surface area contributed by atoms with Crippen LogP contribution in [0.25, 0.3) is 17.2 Å². The van der Waals surface area contributed by atoms with Gasteiger partial charge in [-0.25, -0.2) is 9.78 Å². The average Bonchev–Trinajstić information content (AvgIpc) is 3.09. The van der Waals surface area contributed by atoms with Gasteiger partial charge < -0.3 is 14.5 Å². The quantitative estimate of drug-likeness (QED) is 0.400. The normalized spacial score (nSPS) is 12.1. The molecule has 1 atom stereocenters. The zero-order chi connectivity index (χ0) is 20.1. The van der Waals surface area contributed by atoms with Crippen LogP contribution in [0.15, 0.2) is 59.0 Å². The number of Topliss-reactive ketones (excluding diaryl/α,β-unsaturated/α-hetero) is 1. The maximum atomic E-state index is 12.1. The Morgan fingerprint density at radius 3 is 2.50 bits per heavy atom. The molecule has 0 saturated carbocycles. The lowest BCUT2D eigenvalue weighted by Gasteiger charge is -2.12. The first kappa shape index (κ1) is 19.0. The van der Waals surface area contributed by atoms with Gasteiger partial charge in [-0.3, -0.25) is 9.59 Å². The third-order valence-electron chi connectivity index (χ3n) is 3.89. The number of benzene rings is 2. The summed E-state index contributed by atoms with van der Waals surface area (Å²) >= 11 is 0. The van der Waals surface area contributed by atoms with E-state index in [2.05, 4.69) is 10.3 Å². The van der Waals surface area contributed by atoms with Crippen molar-refractivity contribution in [3.63, 3.8) is 0 Å². The van der Waals surface area contributed by atoms with Crippen LogP contribution in [0.2, 0.25) is 0 Å². The molecule has 0 saturated heterocycles. The van der Waals surface area contributed by atoms with E-state index in [1.807, 2.05) is 12.1 Å². The van der Waals surface area contributed by atoms with Gasteiger partial charge in [-0.2, -0.15) is 0 Å². The van der Waals surface area contributed by atoms with Gasteiger partial charge in [0.25, 0.3) is 5.91 Å². The lowest BCUT2D eigenvalue weighted by Crippen LogP contribution is -2.29. The molecule has 1 heterocycles. The predicted molar refractivity (Wildman–Crippen MR) is 104 cm³/mol. The van der Waals surface area contributed by atoms with Crippen molar-refractivity contribution in [2.75, 3.05) is 5.32 Å². The Bertz CT molecular complexity index is 1020. The Balaban J connectivity index is 1.55. The van der Waals surface area contributed by atoms with Crippen LogP contribution in [0.5, 0.6) is 0 Å². The smallest absolute Gasteiger partial charge is 0.331 e. The Hall–Kier alpha value is -3.74. The molecule has 1 aromatic heterocycles. The molecule has 0 aliphatic carbocycles. The second-order valence-corrected chi connectivity index (χ2v) is 6.06. The van der Waals surface area contributed by atoms with Gasteiger partial charge in [0.05, 0.1) is 0 Å². The van der Waals surface area contributed by atoms with Crippen LogP contribution in [0.3, 0.4) is 0 Å². The molecule has 28 heavy (non-hydrogen) atoms. The maximum absolute atomic E-state index is 12.1. The number of para-hydroxylation sites is 2. The molecule has 2 aromatic carbocycles. The average molecular weight is 378 g/mol. The van der Waals surface area contributed by atoms with Gasteiger partial charge in [-0.05, 0) is 50.2 Å². The first-order valence-electron chi connectivity index (χ1n) is 8.58. The van der Waals surface area contributed by atoms with Gasteiger partial charge in [0, 0.05) is 23.4 Å². The highest BCUT2D eigenvalue weighted by molar-refractivity contribution is 5.98. The highest BCUT2D eigenvalue weighted by Crippen LogP contribution is 2.15. The van der Waals surface area contributed by atoms with Crippen molar-refractivity contribution in [2.24, 2.45) is 0 Å². The van der Waals surface area contributed by atoms with Gasteiger partial charge in [-0.1, -0.05) is 12.1 Å². The number of amides is 1.